The Morgan fingerprint density at radius 1 is 1.25 bits per heavy atom. The van der Waals surface area contributed by atoms with Crippen molar-refractivity contribution >= 4 is 23.9 Å². The molecule has 0 saturated carbocycles. The summed E-state index contributed by atoms with van der Waals surface area (Å²) in [4.78, 5) is 19.2. The van der Waals surface area contributed by atoms with Crippen LogP contribution in [0.4, 0.5) is 10.6 Å². The Kier molecular flexibility index (Phi) is 7.72. The molecule has 32 heavy (non-hydrogen) atoms. The number of likely N-dealkylation sites (tertiary alicyclic amines) is 1. The van der Waals surface area contributed by atoms with E-state index in [-0.39, 0.29) is 17.7 Å². The van der Waals surface area contributed by atoms with Crippen molar-refractivity contribution in [2.75, 3.05) is 11.9 Å². The third kappa shape index (κ3) is 6.62. The minimum atomic E-state index is -0.489. The molecule has 0 radical (unpaired) electrons. The van der Waals surface area contributed by atoms with E-state index in [1.54, 1.807) is 0 Å². The zero-order valence-corrected chi connectivity index (χ0v) is 20.6. The van der Waals surface area contributed by atoms with Crippen LogP contribution in [-0.2, 0) is 4.74 Å². The smallest absolute Gasteiger partial charge is 0.410 e. The van der Waals surface area contributed by atoms with E-state index in [9.17, 15) is 4.79 Å². The number of hydrogen-bond donors (Lipinski definition) is 2. The van der Waals surface area contributed by atoms with Crippen molar-refractivity contribution in [2.45, 2.75) is 76.1 Å². The molecule has 1 aliphatic rings. The number of ether oxygens (including phenoxy) is 1. The van der Waals surface area contributed by atoms with E-state index in [1.807, 2.05) is 49.9 Å². The standard InChI is InChI=1S/C25H36N4O2S/c1-24(2,3)31-23(30)29-17-18(16-25(29,4)5)14-15-20(19-10-7-6-8-11-19)27-21-12-9-13-22(28-21)32-26/h6-13,18,20H,14-17,26H2,1-5H3,(H,27,28). The summed E-state index contributed by atoms with van der Waals surface area (Å²) < 4.78 is 5.66. The van der Waals surface area contributed by atoms with Gasteiger partial charge in [0.1, 0.15) is 16.4 Å². The molecule has 0 spiro atoms. The molecule has 1 fully saturated rings. The first kappa shape index (κ1) is 24.4. The molecule has 174 valence electrons. The number of rotatable bonds is 7. The van der Waals surface area contributed by atoms with Gasteiger partial charge in [0, 0.05) is 12.1 Å². The van der Waals surface area contributed by atoms with Gasteiger partial charge in [0.25, 0.3) is 0 Å². The van der Waals surface area contributed by atoms with Crippen LogP contribution >= 0.6 is 11.9 Å². The van der Waals surface area contributed by atoms with E-state index in [1.165, 1.54) is 5.56 Å². The topological polar surface area (TPSA) is 80.5 Å². The Hall–Kier alpha value is -2.25. The lowest BCUT2D eigenvalue weighted by atomic mass is 9.90. The first-order chi connectivity index (χ1) is 15.1. The second kappa shape index (κ2) is 10.1. The third-order valence-corrected chi connectivity index (χ3v) is 6.27. The van der Waals surface area contributed by atoms with Crippen LogP contribution in [0.15, 0.2) is 53.6 Å². The highest BCUT2D eigenvalue weighted by Crippen LogP contribution is 2.37. The van der Waals surface area contributed by atoms with Crippen LogP contribution in [0.25, 0.3) is 0 Å². The lowest BCUT2D eigenvalue weighted by Gasteiger charge is -2.33. The van der Waals surface area contributed by atoms with E-state index in [2.05, 4.69) is 48.4 Å². The molecule has 6 nitrogen and oxygen atoms in total. The number of aromatic nitrogens is 1. The molecule has 7 heteroatoms. The van der Waals surface area contributed by atoms with Gasteiger partial charge in [-0.2, -0.15) is 0 Å². The van der Waals surface area contributed by atoms with E-state index in [0.717, 1.165) is 48.6 Å². The highest BCUT2D eigenvalue weighted by molar-refractivity contribution is 7.97. The van der Waals surface area contributed by atoms with Crippen molar-refractivity contribution in [3.8, 4) is 0 Å². The summed E-state index contributed by atoms with van der Waals surface area (Å²) >= 11 is 1.15. The third-order valence-electron chi connectivity index (χ3n) is 5.81. The van der Waals surface area contributed by atoms with Gasteiger partial charge >= 0.3 is 6.09 Å². The van der Waals surface area contributed by atoms with Crippen LogP contribution < -0.4 is 10.5 Å². The number of nitrogens with zero attached hydrogens (tertiary/aromatic N) is 2. The molecule has 1 saturated heterocycles. The molecule has 1 aliphatic heterocycles. The molecular weight excluding hydrogens is 420 g/mol. The van der Waals surface area contributed by atoms with Gasteiger partial charge in [-0.15, -0.1) is 0 Å². The Balaban J connectivity index is 1.69. The number of nitrogens with two attached hydrogens (primary N) is 1. The summed E-state index contributed by atoms with van der Waals surface area (Å²) in [5.74, 6) is 1.24. The van der Waals surface area contributed by atoms with Crippen LogP contribution in [0.3, 0.4) is 0 Å². The highest BCUT2D eigenvalue weighted by Gasteiger charge is 2.42. The van der Waals surface area contributed by atoms with Crippen LogP contribution in [-0.4, -0.2) is 33.7 Å². The minimum absolute atomic E-state index is 0.125. The van der Waals surface area contributed by atoms with Crippen molar-refractivity contribution in [3.05, 3.63) is 54.1 Å². The van der Waals surface area contributed by atoms with Gasteiger partial charge in [-0.3, -0.25) is 5.14 Å². The normalized spacial score (nSPS) is 18.9. The average molecular weight is 457 g/mol. The van der Waals surface area contributed by atoms with Crippen LogP contribution in [0.5, 0.6) is 0 Å². The molecule has 2 atom stereocenters. The molecule has 1 aromatic heterocycles. The molecule has 1 amide bonds. The molecule has 2 unspecified atom stereocenters. The van der Waals surface area contributed by atoms with E-state index >= 15 is 0 Å². The molecule has 0 bridgehead atoms. The van der Waals surface area contributed by atoms with Crippen molar-refractivity contribution in [1.82, 2.24) is 9.88 Å². The molecular formula is C25H36N4O2S. The Labute approximate surface area is 196 Å². The summed E-state index contributed by atoms with van der Waals surface area (Å²) in [6.07, 6.45) is 2.68. The molecule has 3 N–H and O–H groups in total. The zero-order valence-electron chi connectivity index (χ0n) is 19.8. The van der Waals surface area contributed by atoms with Crippen molar-refractivity contribution in [3.63, 3.8) is 0 Å². The second-order valence-corrected chi connectivity index (χ2v) is 10.8. The van der Waals surface area contributed by atoms with Crippen molar-refractivity contribution in [1.29, 1.82) is 0 Å². The lowest BCUT2D eigenvalue weighted by molar-refractivity contribution is 0.0131. The van der Waals surface area contributed by atoms with E-state index < -0.39 is 5.60 Å². The first-order valence-electron chi connectivity index (χ1n) is 11.2. The SMILES string of the molecule is CC(C)(C)OC(=O)N1CC(CCC(Nc2cccc(SN)n2)c2ccccc2)CC1(C)C. The summed E-state index contributed by atoms with van der Waals surface area (Å²) in [6.45, 7) is 10.7. The number of hydrogen-bond acceptors (Lipinski definition) is 6. The van der Waals surface area contributed by atoms with E-state index in [4.69, 9.17) is 9.88 Å². The maximum Gasteiger partial charge on any atom is 0.410 e. The molecule has 1 aromatic carbocycles. The molecule has 2 aromatic rings. The highest BCUT2D eigenvalue weighted by atomic mass is 32.2. The van der Waals surface area contributed by atoms with Gasteiger partial charge in [-0.25, -0.2) is 9.78 Å². The number of pyridine rings is 1. The fraction of sp³-hybridized carbons (Fsp3) is 0.520. The maximum absolute atomic E-state index is 12.8. The Morgan fingerprint density at radius 3 is 2.62 bits per heavy atom. The number of anilines is 1. The number of nitrogens with one attached hydrogen (secondary N) is 1. The average Bonchev–Trinajstić information content (AvgIpc) is 3.05. The minimum Gasteiger partial charge on any atom is -0.444 e. The van der Waals surface area contributed by atoms with Crippen molar-refractivity contribution < 1.29 is 9.53 Å². The largest absolute Gasteiger partial charge is 0.444 e. The van der Waals surface area contributed by atoms with E-state index in [0.29, 0.717) is 5.92 Å². The maximum atomic E-state index is 12.8. The Morgan fingerprint density at radius 2 is 1.97 bits per heavy atom. The first-order valence-corrected chi connectivity index (χ1v) is 12.1. The van der Waals surface area contributed by atoms with Gasteiger partial charge in [0.2, 0.25) is 0 Å². The molecule has 2 heterocycles. The van der Waals surface area contributed by atoms with Gasteiger partial charge in [-0.05, 0) is 89.4 Å². The molecule has 0 aliphatic carbocycles. The number of carbonyl (C=O) groups is 1. The predicted molar refractivity (Wildman–Crippen MR) is 131 cm³/mol. The summed E-state index contributed by atoms with van der Waals surface area (Å²) in [6, 6.07) is 16.4. The number of amides is 1. The van der Waals surface area contributed by atoms with Gasteiger partial charge in [0.05, 0.1) is 6.04 Å². The van der Waals surface area contributed by atoms with Crippen LogP contribution in [0.2, 0.25) is 0 Å². The van der Waals surface area contributed by atoms with Gasteiger partial charge in [-0.1, -0.05) is 36.4 Å². The van der Waals surface area contributed by atoms with Gasteiger partial charge in [0.15, 0.2) is 0 Å². The quantitative estimate of drug-likeness (QED) is 0.496. The van der Waals surface area contributed by atoms with Crippen molar-refractivity contribution in [2.24, 2.45) is 11.1 Å². The fourth-order valence-electron chi connectivity index (χ4n) is 4.37. The molecule has 3 rings (SSSR count). The second-order valence-electron chi connectivity index (χ2n) is 10.1. The number of carbonyl (C=O) groups excluding carboxylic acids is 1. The van der Waals surface area contributed by atoms with Crippen LogP contribution in [0, 0.1) is 5.92 Å². The monoisotopic (exact) mass is 456 g/mol. The Bertz CT molecular complexity index is 898. The van der Waals surface area contributed by atoms with Gasteiger partial charge < -0.3 is 15.0 Å². The summed E-state index contributed by atoms with van der Waals surface area (Å²) in [5, 5.41) is 10.1. The fourth-order valence-corrected chi connectivity index (χ4v) is 4.68. The number of benzene rings is 1. The predicted octanol–water partition coefficient (Wildman–Crippen LogP) is 6.02. The van der Waals surface area contributed by atoms with Crippen LogP contribution in [0.1, 0.15) is 65.5 Å². The zero-order chi connectivity index (χ0) is 23.4. The lowest BCUT2D eigenvalue weighted by Crippen LogP contribution is -2.45. The summed E-state index contributed by atoms with van der Waals surface area (Å²) in [5.41, 5.74) is 0.523. The summed E-state index contributed by atoms with van der Waals surface area (Å²) in [7, 11) is 0.